The van der Waals surface area contributed by atoms with E-state index in [1.54, 1.807) is 4.90 Å². The first-order chi connectivity index (χ1) is 12.0. The number of benzene rings is 1. The van der Waals surface area contributed by atoms with E-state index < -0.39 is 6.10 Å². The van der Waals surface area contributed by atoms with Crippen LogP contribution in [-0.4, -0.2) is 59.0 Å². The molecular weight excluding hydrogens is 316 g/mol. The number of carbonyl (C=O) groups is 2. The number of hydrogen-bond donors (Lipinski definition) is 1. The van der Waals surface area contributed by atoms with Gasteiger partial charge in [0, 0.05) is 45.4 Å². The predicted octanol–water partition coefficient (Wildman–Crippen LogP) is 1.70. The van der Waals surface area contributed by atoms with Crippen molar-refractivity contribution in [3.8, 4) is 0 Å². The van der Waals surface area contributed by atoms with Gasteiger partial charge in [-0.1, -0.05) is 30.3 Å². The minimum Gasteiger partial charge on any atom is -0.391 e. The number of piperidine rings is 1. The quantitative estimate of drug-likeness (QED) is 0.904. The van der Waals surface area contributed by atoms with E-state index >= 15 is 0 Å². The third kappa shape index (κ3) is 4.60. The molecule has 2 aliphatic heterocycles. The molecule has 2 fully saturated rings. The Labute approximate surface area is 149 Å². The molecule has 5 heteroatoms. The second-order valence-corrected chi connectivity index (χ2v) is 7.47. The summed E-state index contributed by atoms with van der Waals surface area (Å²) < 4.78 is 0. The number of amides is 2. The summed E-state index contributed by atoms with van der Waals surface area (Å²) >= 11 is 0. The molecule has 0 aliphatic carbocycles. The molecule has 2 aliphatic rings. The molecule has 0 bridgehead atoms. The van der Waals surface area contributed by atoms with Gasteiger partial charge in [-0.25, -0.2) is 0 Å². The minimum absolute atomic E-state index is 0.0317. The van der Waals surface area contributed by atoms with Crippen LogP contribution in [-0.2, 0) is 16.0 Å². The SMILES string of the molecule is CC(=O)N1C[C@H](CC(=O)N2CCC(Cc3ccccc3)CC2)[C@@H](O)C1. The van der Waals surface area contributed by atoms with E-state index in [4.69, 9.17) is 0 Å². The zero-order valence-corrected chi connectivity index (χ0v) is 14.9. The third-order valence-electron chi connectivity index (χ3n) is 5.62. The summed E-state index contributed by atoms with van der Waals surface area (Å²) in [5.74, 6) is 0.596. The molecule has 0 saturated carbocycles. The number of hydrogen-bond acceptors (Lipinski definition) is 3. The summed E-state index contributed by atoms with van der Waals surface area (Å²) in [6.07, 6.45) is 2.91. The van der Waals surface area contributed by atoms with Gasteiger partial charge in [-0.15, -0.1) is 0 Å². The molecule has 1 aromatic carbocycles. The van der Waals surface area contributed by atoms with Crippen LogP contribution >= 0.6 is 0 Å². The van der Waals surface area contributed by atoms with Gasteiger partial charge in [0.25, 0.3) is 0 Å². The lowest BCUT2D eigenvalue weighted by molar-refractivity contribution is -0.134. The van der Waals surface area contributed by atoms with Crippen molar-refractivity contribution in [3.05, 3.63) is 35.9 Å². The van der Waals surface area contributed by atoms with E-state index in [1.807, 2.05) is 11.0 Å². The van der Waals surface area contributed by atoms with Crippen molar-refractivity contribution in [2.24, 2.45) is 11.8 Å². The smallest absolute Gasteiger partial charge is 0.223 e. The van der Waals surface area contributed by atoms with E-state index in [1.165, 1.54) is 12.5 Å². The largest absolute Gasteiger partial charge is 0.391 e. The highest BCUT2D eigenvalue weighted by molar-refractivity contribution is 5.77. The maximum absolute atomic E-state index is 12.6. The van der Waals surface area contributed by atoms with Crippen LogP contribution in [0.3, 0.4) is 0 Å². The van der Waals surface area contributed by atoms with Gasteiger partial charge in [0.05, 0.1) is 6.10 Å². The van der Waals surface area contributed by atoms with Crippen LogP contribution in [0, 0.1) is 11.8 Å². The molecule has 0 spiro atoms. The zero-order valence-electron chi connectivity index (χ0n) is 14.9. The molecule has 1 aromatic rings. The van der Waals surface area contributed by atoms with E-state index in [0.717, 1.165) is 32.4 Å². The third-order valence-corrected chi connectivity index (χ3v) is 5.62. The van der Waals surface area contributed by atoms with Gasteiger partial charge in [0.1, 0.15) is 0 Å². The Hall–Kier alpha value is -1.88. The number of likely N-dealkylation sites (tertiary alicyclic amines) is 2. The van der Waals surface area contributed by atoms with E-state index in [0.29, 0.717) is 25.4 Å². The molecular formula is C20H28N2O3. The van der Waals surface area contributed by atoms with Gasteiger partial charge in [-0.05, 0) is 30.7 Å². The lowest BCUT2D eigenvalue weighted by Crippen LogP contribution is -2.40. The van der Waals surface area contributed by atoms with Crippen LogP contribution in [0.1, 0.15) is 31.7 Å². The Morgan fingerprint density at radius 1 is 1.08 bits per heavy atom. The summed E-state index contributed by atoms with van der Waals surface area (Å²) in [7, 11) is 0. The fraction of sp³-hybridized carbons (Fsp3) is 0.600. The lowest BCUT2D eigenvalue weighted by atomic mass is 9.89. The minimum atomic E-state index is -0.580. The summed E-state index contributed by atoms with van der Waals surface area (Å²) in [4.78, 5) is 27.6. The van der Waals surface area contributed by atoms with Crippen molar-refractivity contribution >= 4 is 11.8 Å². The Balaban J connectivity index is 1.45. The summed E-state index contributed by atoms with van der Waals surface area (Å²) in [5.41, 5.74) is 1.37. The summed E-state index contributed by atoms with van der Waals surface area (Å²) in [6.45, 7) is 3.96. The first-order valence-electron chi connectivity index (χ1n) is 9.28. The summed E-state index contributed by atoms with van der Waals surface area (Å²) in [5, 5.41) is 10.1. The maximum Gasteiger partial charge on any atom is 0.223 e. The molecule has 2 saturated heterocycles. The number of β-amino-alcohol motifs (C(OH)–C–C–N with tert-alkyl or cyclic N) is 1. The molecule has 0 radical (unpaired) electrons. The highest BCUT2D eigenvalue weighted by Crippen LogP contribution is 2.25. The zero-order chi connectivity index (χ0) is 17.8. The molecule has 5 nitrogen and oxygen atoms in total. The van der Waals surface area contributed by atoms with Crippen LogP contribution < -0.4 is 0 Å². The van der Waals surface area contributed by atoms with Crippen molar-refractivity contribution in [1.29, 1.82) is 0 Å². The molecule has 136 valence electrons. The lowest BCUT2D eigenvalue weighted by Gasteiger charge is -2.33. The van der Waals surface area contributed by atoms with Gasteiger partial charge < -0.3 is 14.9 Å². The highest BCUT2D eigenvalue weighted by Gasteiger charge is 2.35. The van der Waals surface area contributed by atoms with Gasteiger partial charge in [0.2, 0.25) is 11.8 Å². The predicted molar refractivity (Wildman–Crippen MR) is 95.8 cm³/mol. The molecule has 2 amide bonds. The first-order valence-corrected chi connectivity index (χ1v) is 9.28. The molecule has 1 N–H and O–H groups in total. The van der Waals surface area contributed by atoms with Crippen LogP contribution in [0.2, 0.25) is 0 Å². The van der Waals surface area contributed by atoms with Crippen LogP contribution in [0.15, 0.2) is 30.3 Å². The van der Waals surface area contributed by atoms with Crippen molar-refractivity contribution < 1.29 is 14.7 Å². The Bertz CT molecular complexity index is 596. The van der Waals surface area contributed by atoms with Gasteiger partial charge in [-0.3, -0.25) is 9.59 Å². The average Bonchev–Trinajstić information content (AvgIpc) is 2.97. The van der Waals surface area contributed by atoms with Crippen LogP contribution in [0.25, 0.3) is 0 Å². The van der Waals surface area contributed by atoms with E-state index in [-0.39, 0.29) is 17.7 Å². The fourth-order valence-electron chi connectivity index (χ4n) is 4.00. The molecule has 0 aromatic heterocycles. The standard InChI is InChI=1S/C20H28N2O3/c1-15(23)22-13-18(19(24)14-22)12-20(25)21-9-7-17(8-10-21)11-16-5-3-2-4-6-16/h2-6,17-19,24H,7-14H2,1H3/t18-,19-/m0/s1. The second kappa shape index (κ2) is 8.00. The van der Waals surface area contributed by atoms with Gasteiger partial charge in [-0.2, -0.15) is 0 Å². The Morgan fingerprint density at radius 2 is 1.76 bits per heavy atom. The number of aliphatic hydroxyl groups is 1. The fourth-order valence-corrected chi connectivity index (χ4v) is 4.00. The summed E-state index contributed by atoms with van der Waals surface area (Å²) in [6, 6.07) is 10.5. The van der Waals surface area contributed by atoms with Crippen molar-refractivity contribution in [1.82, 2.24) is 9.80 Å². The number of aliphatic hydroxyl groups excluding tert-OH is 1. The topological polar surface area (TPSA) is 60.9 Å². The second-order valence-electron chi connectivity index (χ2n) is 7.47. The molecule has 25 heavy (non-hydrogen) atoms. The maximum atomic E-state index is 12.6. The molecule has 2 atom stereocenters. The molecule has 3 rings (SSSR count). The highest BCUT2D eigenvalue weighted by atomic mass is 16.3. The van der Waals surface area contributed by atoms with E-state index in [9.17, 15) is 14.7 Å². The average molecular weight is 344 g/mol. The van der Waals surface area contributed by atoms with Gasteiger partial charge >= 0.3 is 0 Å². The number of nitrogens with zero attached hydrogens (tertiary/aromatic N) is 2. The van der Waals surface area contributed by atoms with Crippen LogP contribution in [0.4, 0.5) is 0 Å². The monoisotopic (exact) mass is 344 g/mol. The van der Waals surface area contributed by atoms with Crippen molar-refractivity contribution in [2.75, 3.05) is 26.2 Å². The molecule has 0 unspecified atom stereocenters. The normalized spacial score (nSPS) is 24.6. The molecule has 2 heterocycles. The first kappa shape index (κ1) is 17.9. The Morgan fingerprint density at radius 3 is 2.36 bits per heavy atom. The van der Waals surface area contributed by atoms with Gasteiger partial charge in [0.15, 0.2) is 0 Å². The van der Waals surface area contributed by atoms with Crippen molar-refractivity contribution in [2.45, 2.75) is 38.7 Å². The number of rotatable bonds is 4. The van der Waals surface area contributed by atoms with Crippen molar-refractivity contribution in [3.63, 3.8) is 0 Å². The Kier molecular flexibility index (Phi) is 5.74. The van der Waals surface area contributed by atoms with E-state index in [2.05, 4.69) is 24.3 Å². The number of carbonyl (C=O) groups excluding carboxylic acids is 2. The van der Waals surface area contributed by atoms with Crippen LogP contribution in [0.5, 0.6) is 0 Å².